The zero-order valence-corrected chi connectivity index (χ0v) is 14.9. The van der Waals surface area contributed by atoms with Crippen LogP contribution < -0.4 is 5.32 Å². The molecule has 1 atom stereocenters. The van der Waals surface area contributed by atoms with E-state index >= 15 is 0 Å². The van der Waals surface area contributed by atoms with Gasteiger partial charge in [-0.1, -0.05) is 26.0 Å². The molecule has 0 radical (unpaired) electrons. The maximum absolute atomic E-state index is 13.2. The van der Waals surface area contributed by atoms with Gasteiger partial charge in [-0.25, -0.2) is 4.39 Å². The number of hydrogen-bond acceptors (Lipinski definition) is 3. The topological polar surface area (TPSA) is 69.6 Å². The molecule has 0 spiro atoms. The number of halogens is 1. The fourth-order valence-corrected chi connectivity index (χ4v) is 3.42. The average Bonchev–Trinajstić information content (AvgIpc) is 2.48. The van der Waals surface area contributed by atoms with E-state index < -0.39 is 5.97 Å². The molecule has 1 unspecified atom stereocenters. The summed E-state index contributed by atoms with van der Waals surface area (Å²) in [5.41, 5.74) is 0.899. The molecule has 1 aromatic carbocycles. The van der Waals surface area contributed by atoms with Crippen molar-refractivity contribution in [3.8, 4) is 0 Å². The largest absolute Gasteiger partial charge is 0.480 e. The van der Waals surface area contributed by atoms with Gasteiger partial charge in [0.15, 0.2) is 0 Å². The van der Waals surface area contributed by atoms with Crippen molar-refractivity contribution in [3.05, 3.63) is 35.6 Å². The highest BCUT2D eigenvalue weighted by molar-refractivity contribution is 5.76. The van der Waals surface area contributed by atoms with Crippen LogP contribution in [0.5, 0.6) is 0 Å². The molecule has 1 aliphatic carbocycles. The number of nitrogens with zero attached hydrogens (tertiary/aromatic N) is 1. The molecule has 0 aromatic heterocycles. The van der Waals surface area contributed by atoms with E-state index in [1.54, 1.807) is 6.07 Å². The second-order valence-electron chi connectivity index (χ2n) is 6.99. The minimum absolute atomic E-state index is 0.00800. The monoisotopic (exact) mass is 350 g/mol. The maximum Gasteiger partial charge on any atom is 0.317 e. The fourth-order valence-electron chi connectivity index (χ4n) is 3.42. The molecule has 2 rings (SSSR count). The molecule has 1 aliphatic rings. The lowest BCUT2D eigenvalue weighted by Gasteiger charge is -2.42. The Morgan fingerprint density at radius 1 is 1.40 bits per heavy atom. The third-order valence-electron chi connectivity index (χ3n) is 4.75. The summed E-state index contributed by atoms with van der Waals surface area (Å²) >= 11 is 0. The number of carbonyl (C=O) groups excluding carboxylic acids is 1. The number of likely N-dealkylation sites (N-methyl/N-ethyl adjacent to an activating group) is 1. The van der Waals surface area contributed by atoms with Gasteiger partial charge in [0, 0.05) is 18.5 Å². The lowest BCUT2D eigenvalue weighted by molar-refractivity contribution is -0.139. The third kappa shape index (κ3) is 6.12. The van der Waals surface area contributed by atoms with Gasteiger partial charge in [0.2, 0.25) is 5.91 Å². The number of rotatable bonds is 9. The van der Waals surface area contributed by atoms with E-state index in [0.717, 1.165) is 18.4 Å². The smallest absolute Gasteiger partial charge is 0.317 e. The van der Waals surface area contributed by atoms with Crippen molar-refractivity contribution in [2.75, 3.05) is 13.1 Å². The number of aliphatic carboxylic acids is 1. The Morgan fingerprint density at radius 3 is 2.72 bits per heavy atom. The lowest BCUT2D eigenvalue weighted by Crippen LogP contribution is -2.54. The molecular weight excluding hydrogens is 323 g/mol. The Hall–Kier alpha value is -1.95. The highest BCUT2D eigenvalue weighted by atomic mass is 19.1. The zero-order valence-electron chi connectivity index (χ0n) is 14.9. The minimum Gasteiger partial charge on any atom is -0.480 e. The predicted molar refractivity (Wildman–Crippen MR) is 93.7 cm³/mol. The maximum atomic E-state index is 13.2. The number of carboxylic acids is 1. The van der Waals surface area contributed by atoms with Crippen molar-refractivity contribution < 1.29 is 19.1 Å². The average molecular weight is 350 g/mol. The van der Waals surface area contributed by atoms with Gasteiger partial charge in [0.05, 0.1) is 6.54 Å². The van der Waals surface area contributed by atoms with Crippen LogP contribution in [-0.4, -0.2) is 47.1 Å². The first-order valence-corrected chi connectivity index (χ1v) is 8.87. The van der Waals surface area contributed by atoms with Crippen molar-refractivity contribution in [2.45, 2.75) is 51.6 Å². The highest BCUT2D eigenvalue weighted by Crippen LogP contribution is 2.26. The number of amides is 1. The molecule has 0 bridgehead atoms. The van der Waals surface area contributed by atoms with Crippen LogP contribution in [0.15, 0.2) is 24.3 Å². The highest BCUT2D eigenvalue weighted by Gasteiger charge is 2.34. The van der Waals surface area contributed by atoms with Crippen LogP contribution >= 0.6 is 0 Å². The number of benzene rings is 1. The Kier molecular flexibility index (Phi) is 6.93. The number of carbonyl (C=O) groups is 2. The summed E-state index contributed by atoms with van der Waals surface area (Å²) in [6.07, 6.45) is 2.67. The molecule has 0 heterocycles. The quantitative estimate of drug-likeness (QED) is 0.718. The summed E-state index contributed by atoms with van der Waals surface area (Å²) in [4.78, 5) is 24.9. The van der Waals surface area contributed by atoms with Crippen LogP contribution in [0.25, 0.3) is 0 Å². The first-order chi connectivity index (χ1) is 11.9. The van der Waals surface area contributed by atoms with Crippen molar-refractivity contribution in [1.82, 2.24) is 10.2 Å². The molecule has 2 N–H and O–H groups in total. The van der Waals surface area contributed by atoms with E-state index in [-0.39, 0.29) is 36.3 Å². The Morgan fingerprint density at radius 2 is 2.12 bits per heavy atom. The van der Waals surface area contributed by atoms with Crippen molar-refractivity contribution >= 4 is 11.9 Å². The van der Waals surface area contributed by atoms with Crippen LogP contribution in [0.2, 0.25) is 0 Å². The molecule has 0 saturated heterocycles. The molecule has 1 amide bonds. The summed E-state index contributed by atoms with van der Waals surface area (Å²) in [7, 11) is 0. The van der Waals surface area contributed by atoms with Gasteiger partial charge < -0.3 is 10.4 Å². The third-order valence-corrected chi connectivity index (χ3v) is 4.75. The lowest BCUT2D eigenvalue weighted by atomic mass is 9.85. The van der Waals surface area contributed by atoms with Gasteiger partial charge in [0.1, 0.15) is 5.82 Å². The standard InChI is InChI=1S/C19H27FN2O3/c1-3-22(12-19(24)25)17-10-16(11-17)21-18(23)8-13(2)7-14-5-4-6-15(20)9-14/h4-6,9,13,16-17H,3,7-8,10-12H2,1-2H3,(H,21,23)(H,24,25). The van der Waals surface area contributed by atoms with Crippen molar-refractivity contribution in [2.24, 2.45) is 5.92 Å². The van der Waals surface area contributed by atoms with Gasteiger partial charge in [-0.2, -0.15) is 0 Å². The first-order valence-electron chi connectivity index (χ1n) is 8.87. The molecule has 5 nitrogen and oxygen atoms in total. The normalized spacial score (nSPS) is 20.8. The molecule has 1 saturated carbocycles. The van der Waals surface area contributed by atoms with Gasteiger partial charge in [0.25, 0.3) is 0 Å². The predicted octanol–water partition coefficient (Wildman–Crippen LogP) is 2.45. The van der Waals surface area contributed by atoms with Gasteiger partial charge >= 0.3 is 5.97 Å². The summed E-state index contributed by atoms with van der Waals surface area (Å²) in [6.45, 7) is 4.68. The Bertz CT molecular complexity index is 602. The van der Waals surface area contributed by atoms with Gasteiger partial charge in [-0.15, -0.1) is 0 Å². The fraction of sp³-hybridized carbons (Fsp3) is 0.579. The van der Waals surface area contributed by atoms with E-state index in [4.69, 9.17) is 5.11 Å². The molecule has 138 valence electrons. The van der Waals surface area contributed by atoms with E-state index in [0.29, 0.717) is 19.4 Å². The van der Waals surface area contributed by atoms with E-state index in [2.05, 4.69) is 5.32 Å². The van der Waals surface area contributed by atoms with Crippen molar-refractivity contribution in [1.29, 1.82) is 0 Å². The Balaban J connectivity index is 1.70. The number of nitrogens with one attached hydrogen (secondary N) is 1. The van der Waals surface area contributed by atoms with Crippen LogP contribution in [0, 0.1) is 11.7 Å². The Labute approximate surface area is 148 Å². The summed E-state index contributed by atoms with van der Waals surface area (Å²) in [6, 6.07) is 6.83. The van der Waals surface area contributed by atoms with Gasteiger partial charge in [-0.05, 0) is 49.4 Å². The SMILES string of the molecule is CCN(CC(=O)O)C1CC(NC(=O)CC(C)Cc2cccc(F)c2)C1. The first kappa shape index (κ1) is 19.4. The van der Waals surface area contributed by atoms with E-state index in [1.807, 2.05) is 24.8 Å². The molecule has 1 fully saturated rings. The summed E-state index contributed by atoms with van der Waals surface area (Å²) in [5.74, 6) is -0.928. The van der Waals surface area contributed by atoms with E-state index in [1.165, 1.54) is 12.1 Å². The molecule has 0 aliphatic heterocycles. The summed E-state index contributed by atoms with van der Waals surface area (Å²) < 4.78 is 13.2. The van der Waals surface area contributed by atoms with Crippen LogP contribution in [0.1, 0.15) is 38.7 Å². The zero-order chi connectivity index (χ0) is 18.4. The van der Waals surface area contributed by atoms with Gasteiger partial charge in [-0.3, -0.25) is 14.5 Å². The molecule has 25 heavy (non-hydrogen) atoms. The van der Waals surface area contributed by atoms with E-state index in [9.17, 15) is 14.0 Å². The van der Waals surface area contributed by atoms with Crippen LogP contribution in [0.4, 0.5) is 4.39 Å². The molecular formula is C19H27FN2O3. The second kappa shape index (κ2) is 8.94. The number of carboxylic acid groups (broad SMARTS) is 1. The summed E-state index contributed by atoms with van der Waals surface area (Å²) in [5, 5.41) is 11.9. The van der Waals surface area contributed by atoms with Crippen LogP contribution in [0.3, 0.4) is 0 Å². The molecule has 1 aromatic rings. The minimum atomic E-state index is -0.819. The number of hydrogen-bond donors (Lipinski definition) is 2. The second-order valence-corrected chi connectivity index (χ2v) is 6.99. The van der Waals surface area contributed by atoms with Crippen LogP contribution in [-0.2, 0) is 16.0 Å². The molecule has 6 heteroatoms. The van der Waals surface area contributed by atoms with Crippen molar-refractivity contribution in [3.63, 3.8) is 0 Å².